The first-order valence-corrected chi connectivity index (χ1v) is 8.30. The molecule has 0 radical (unpaired) electrons. The minimum Gasteiger partial charge on any atom is -0.497 e. The molecule has 0 aliphatic heterocycles. The zero-order chi connectivity index (χ0) is 19.8. The number of nitrogens with zero attached hydrogens (tertiary/aromatic N) is 1. The Morgan fingerprint density at radius 1 is 1.11 bits per heavy atom. The molecule has 0 saturated heterocycles. The van der Waals surface area contributed by atoms with Crippen molar-refractivity contribution >= 4 is 45.2 Å². The number of aromatic nitrogens is 2. The topological polar surface area (TPSA) is 125 Å². The highest BCUT2D eigenvalue weighted by Crippen LogP contribution is 2.34. The number of carbonyl (C=O) groups is 2. The fraction of sp³-hybridized carbons (Fsp3) is 0.0500. The predicted molar refractivity (Wildman–Crippen MR) is 104 cm³/mol. The minimum atomic E-state index is -1.09. The van der Waals surface area contributed by atoms with Crippen molar-refractivity contribution in [1.82, 2.24) is 9.97 Å². The standard InChI is InChI=1S/C20H15N3O5/c1-28-12-4-2-3-11(8-12)22-18-17-16(14(9-21-17)20(26)27)13-6-5-10(19(24)25)7-15(13)23-18/h2-9,21H,1H3,(H,22,23)(H,24,25)(H,26,27). The summed E-state index contributed by atoms with van der Waals surface area (Å²) >= 11 is 0. The number of carboxylic acid groups (broad SMARTS) is 2. The average Bonchev–Trinajstić information content (AvgIpc) is 3.14. The molecular weight excluding hydrogens is 362 g/mol. The van der Waals surface area contributed by atoms with Crippen molar-refractivity contribution in [3.8, 4) is 5.75 Å². The van der Waals surface area contributed by atoms with Crippen molar-refractivity contribution in [2.75, 3.05) is 12.4 Å². The fourth-order valence-corrected chi connectivity index (χ4v) is 3.13. The van der Waals surface area contributed by atoms with Crippen molar-refractivity contribution in [2.45, 2.75) is 0 Å². The zero-order valence-electron chi connectivity index (χ0n) is 14.7. The van der Waals surface area contributed by atoms with Crippen LogP contribution in [0.5, 0.6) is 5.75 Å². The normalized spacial score (nSPS) is 10.9. The number of hydrogen-bond donors (Lipinski definition) is 4. The van der Waals surface area contributed by atoms with Gasteiger partial charge in [-0.3, -0.25) is 0 Å². The summed E-state index contributed by atoms with van der Waals surface area (Å²) < 4.78 is 5.22. The molecule has 0 spiro atoms. The highest BCUT2D eigenvalue weighted by molar-refractivity contribution is 6.18. The first kappa shape index (κ1) is 17.3. The summed E-state index contributed by atoms with van der Waals surface area (Å²) in [6, 6.07) is 11.6. The summed E-state index contributed by atoms with van der Waals surface area (Å²) in [5.41, 5.74) is 1.72. The molecule has 0 amide bonds. The van der Waals surface area contributed by atoms with Crippen LogP contribution in [0.2, 0.25) is 0 Å². The average molecular weight is 377 g/mol. The van der Waals surface area contributed by atoms with E-state index in [1.165, 1.54) is 18.3 Å². The lowest BCUT2D eigenvalue weighted by Crippen LogP contribution is -2.00. The van der Waals surface area contributed by atoms with Crippen LogP contribution in [0.15, 0.2) is 48.7 Å². The van der Waals surface area contributed by atoms with Gasteiger partial charge in [-0.15, -0.1) is 0 Å². The van der Waals surface area contributed by atoms with Gasteiger partial charge < -0.3 is 25.3 Å². The molecule has 0 aliphatic carbocycles. The summed E-state index contributed by atoms with van der Waals surface area (Å²) in [5.74, 6) is -1.15. The van der Waals surface area contributed by atoms with Crippen LogP contribution in [0.4, 0.5) is 11.5 Å². The third-order valence-electron chi connectivity index (χ3n) is 4.43. The van der Waals surface area contributed by atoms with E-state index in [1.807, 2.05) is 6.07 Å². The molecule has 0 atom stereocenters. The highest BCUT2D eigenvalue weighted by Gasteiger charge is 2.19. The second kappa shape index (κ2) is 6.58. The van der Waals surface area contributed by atoms with E-state index in [-0.39, 0.29) is 11.1 Å². The Labute approximate surface area is 158 Å². The summed E-state index contributed by atoms with van der Waals surface area (Å²) in [5, 5.41) is 23.0. The number of benzene rings is 2. The van der Waals surface area contributed by atoms with Crippen LogP contribution in [0.3, 0.4) is 0 Å². The van der Waals surface area contributed by atoms with E-state index in [4.69, 9.17) is 4.74 Å². The molecule has 8 heteroatoms. The predicted octanol–water partition coefficient (Wildman–Crippen LogP) is 3.86. The zero-order valence-corrected chi connectivity index (χ0v) is 14.7. The first-order chi connectivity index (χ1) is 13.5. The van der Waals surface area contributed by atoms with Crippen LogP contribution in [0.25, 0.3) is 21.8 Å². The first-order valence-electron chi connectivity index (χ1n) is 8.30. The smallest absolute Gasteiger partial charge is 0.337 e. The second-order valence-corrected chi connectivity index (χ2v) is 6.11. The number of carboxylic acids is 2. The van der Waals surface area contributed by atoms with Crippen LogP contribution < -0.4 is 10.1 Å². The third kappa shape index (κ3) is 2.86. The molecule has 2 aromatic carbocycles. The van der Waals surface area contributed by atoms with Crippen LogP contribution in [0.1, 0.15) is 20.7 Å². The monoisotopic (exact) mass is 377 g/mol. The number of H-pyrrole nitrogens is 1. The number of aromatic carboxylic acids is 2. The fourth-order valence-electron chi connectivity index (χ4n) is 3.13. The van der Waals surface area contributed by atoms with Gasteiger partial charge in [0, 0.05) is 28.7 Å². The molecule has 0 unspecified atom stereocenters. The van der Waals surface area contributed by atoms with E-state index >= 15 is 0 Å². The maximum atomic E-state index is 11.7. The van der Waals surface area contributed by atoms with Crippen LogP contribution in [-0.2, 0) is 0 Å². The lowest BCUT2D eigenvalue weighted by molar-refractivity contribution is 0.0687. The molecule has 0 bridgehead atoms. The molecule has 4 N–H and O–H groups in total. The molecule has 4 rings (SSSR count). The molecule has 2 heterocycles. The maximum absolute atomic E-state index is 11.7. The second-order valence-electron chi connectivity index (χ2n) is 6.11. The van der Waals surface area contributed by atoms with Crippen molar-refractivity contribution in [2.24, 2.45) is 0 Å². The summed E-state index contributed by atoms with van der Waals surface area (Å²) in [6.07, 6.45) is 1.40. The Kier molecular flexibility index (Phi) is 4.08. The Morgan fingerprint density at radius 2 is 1.93 bits per heavy atom. The van der Waals surface area contributed by atoms with Gasteiger partial charge in [0.05, 0.1) is 29.3 Å². The summed E-state index contributed by atoms with van der Waals surface area (Å²) in [6.45, 7) is 0. The molecule has 8 nitrogen and oxygen atoms in total. The van der Waals surface area contributed by atoms with Gasteiger partial charge in [0.2, 0.25) is 0 Å². The quantitative estimate of drug-likeness (QED) is 0.416. The van der Waals surface area contributed by atoms with Crippen molar-refractivity contribution in [3.63, 3.8) is 0 Å². The van der Waals surface area contributed by atoms with Gasteiger partial charge in [0.1, 0.15) is 5.75 Å². The lowest BCUT2D eigenvalue weighted by Gasteiger charge is -2.11. The Balaban J connectivity index is 1.97. The van der Waals surface area contributed by atoms with Crippen molar-refractivity contribution in [3.05, 3.63) is 59.8 Å². The van der Waals surface area contributed by atoms with E-state index < -0.39 is 11.9 Å². The lowest BCUT2D eigenvalue weighted by atomic mass is 10.0. The number of ether oxygens (including phenoxy) is 1. The van der Waals surface area contributed by atoms with Crippen LogP contribution >= 0.6 is 0 Å². The maximum Gasteiger partial charge on any atom is 0.337 e. The number of aromatic amines is 1. The van der Waals surface area contributed by atoms with Crippen molar-refractivity contribution < 1.29 is 24.5 Å². The number of hydrogen-bond acceptors (Lipinski definition) is 5. The van der Waals surface area contributed by atoms with Gasteiger partial charge >= 0.3 is 11.9 Å². The number of nitrogens with one attached hydrogen (secondary N) is 2. The highest BCUT2D eigenvalue weighted by atomic mass is 16.5. The van der Waals surface area contributed by atoms with Crippen molar-refractivity contribution in [1.29, 1.82) is 0 Å². The third-order valence-corrected chi connectivity index (χ3v) is 4.43. The summed E-state index contributed by atoms with van der Waals surface area (Å²) in [7, 11) is 1.56. The number of anilines is 2. The molecular formula is C20H15N3O5. The molecule has 4 aromatic rings. The molecule has 0 saturated carbocycles. The Morgan fingerprint density at radius 3 is 2.64 bits per heavy atom. The summed E-state index contributed by atoms with van der Waals surface area (Å²) in [4.78, 5) is 30.5. The van der Waals surface area contributed by atoms with E-state index in [2.05, 4.69) is 15.3 Å². The largest absolute Gasteiger partial charge is 0.497 e. The van der Waals surface area contributed by atoms with Gasteiger partial charge in [-0.1, -0.05) is 12.1 Å². The van der Waals surface area contributed by atoms with E-state index in [9.17, 15) is 19.8 Å². The SMILES string of the molecule is COc1cccc(Nc2nc3cc(C(=O)O)ccc3c3c(C(=O)O)c[nH]c23)c1. The molecule has 140 valence electrons. The number of methoxy groups -OCH3 is 1. The number of rotatable bonds is 5. The molecule has 2 aromatic heterocycles. The van der Waals surface area contributed by atoms with Gasteiger partial charge in [0.25, 0.3) is 0 Å². The molecule has 0 aliphatic rings. The Bertz CT molecular complexity index is 1250. The van der Waals surface area contributed by atoms with E-state index in [0.29, 0.717) is 39.1 Å². The van der Waals surface area contributed by atoms with Gasteiger partial charge in [-0.05, 0) is 24.3 Å². The minimum absolute atomic E-state index is 0.0686. The van der Waals surface area contributed by atoms with Crippen LogP contribution in [-0.4, -0.2) is 39.2 Å². The van der Waals surface area contributed by atoms with Gasteiger partial charge in [-0.2, -0.15) is 0 Å². The molecule has 0 fully saturated rings. The van der Waals surface area contributed by atoms with Gasteiger partial charge in [-0.25, -0.2) is 14.6 Å². The van der Waals surface area contributed by atoms with Gasteiger partial charge in [0.15, 0.2) is 5.82 Å². The Hall–Kier alpha value is -4.07. The number of pyridine rings is 1. The number of fused-ring (bicyclic) bond motifs is 3. The van der Waals surface area contributed by atoms with E-state index in [0.717, 1.165) is 0 Å². The van der Waals surface area contributed by atoms with Crippen LogP contribution in [0, 0.1) is 0 Å². The molecule has 28 heavy (non-hydrogen) atoms. The van der Waals surface area contributed by atoms with E-state index in [1.54, 1.807) is 31.4 Å².